The zero-order chi connectivity index (χ0) is 16.1. The smallest absolute Gasteiger partial charge is 0.311 e. The summed E-state index contributed by atoms with van der Waals surface area (Å²) in [5, 5.41) is 12.8. The van der Waals surface area contributed by atoms with Crippen LogP contribution < -0.4 is 5.32 Å². The Morgan fingerprint density at radius 3 is 2.04 bits per heavy atom. The predicted molar refractivity (Wildman–Crippen MR) is 95.1 cm³/mol. The van der Waals surface area contributed by atoms with Crippen molar-refractivity contribution >= 4 is 18.4 Å². The van der Waals surface area contributed by atoms with Gasteiger partial charge in [-0.15, -0.1) is 12.4 Å². The van der Waals surface area contributed by atoms with Gasteiger partial charge < -0.3 is 15.2 Å². The summed E-state index contributed by atoms with van der Waals surface area (Å²) < 4.78 is 5.82. The molecule has 24 heavy (non-hydrogen) atoms. The summed E-state index contributed by atoms with van der Waals surface area (Å²) in [4.78, 5) is 12.5. The molecule has 0 aliphatic carbocycles. The van der Waals surface area contributed by atoms with E-state index >= 15 is 0 Å². The van der Waals surface area contributed by atoms with Gasteiger partial charge in [-0.2, -0.15) is 0 Å². The van der Waals surface area contributed by atoms with Crippen LogP contribution in [0.2, 0.25) is 0 Å². The third-order valence-electron chi connectivity index (χ3n) is 4.10. The maximum Gasteiger partial charge on any atom is 0.311 e. The van der Waals surface area contributed by atoms with Gasteiger partial charge in [0.1, 0.15) is 0 Å². The predicted octanol–water partition coefficient (Wildman–Crippen LogP) is 2.71. The third kappa shape index (κ3) is 4.57. The van der Waals surface area contributed by atoms with Gasteiger partial charge in [0.25, 0.3) is 0 Å². The number of rotatable bonds is 4. The molecule has 0 bridgehead atoms. The Morgan fingerprint density at radius 2 is 1.54 bits per heavy atom. The number of aliphatic hydroxyl groups excluding tert-OH is 1. The summed E-state index contributed by atoms with van der Waals surface area (Å²) in [6.07, 6.45) is -0.473. The molecule has 3 rings (SSSR count). The van der Waals surface area contributed by atoms with E-state index in [1.807, 2.05) is 60.7 Å². The van der Waals surface area contributed by atoms with Crippen molar-refractivity contribution in [2.75, 3.05) is 13.1 Å². The average molecular weight is 348 g/mol. The third-order valence-corrected chi connectivity index (χ3v) is 4.10. The van der Waals surface area contributed by atoms with E-state index in [1.165, 1.54) is 0 Å². The highest BCUT2D eigenvalue weighted by Crippen LogP contribution is 2.27. The number of aliphatic hydroxyl groups is 1. The summed E-state index contributed by atoms with van der Waals surface area (Å²) in [6, 6.07) is 19.4. The highest BCUT2D eigenvalue weighted by molar-refractivity contribution is 5.85. The van der Waals surface area contributed by atoms with E-state index in [0.717, 1.165) is 11.1 Å². The first kappa shape index (κ1) is 18.5. The second kappa shape index (κ2) is 8.83. The molecule has 0 aromatic heterocycles. The van der Waals surface area contributed by atoms with Gasteiger partial charge in [-0.1, -0.05) is 60.7 Å². The molecular weight excluding hydrogens is 326 g/mol. The van der Waals surface area contributed by atoms with Gasteiger partial charge >= 0.3 is 5.97 Å². The molecular formula is C19H22ClNO3. The van der Waals surface area contributed by atoms with Gasteiger partial charge in [-0.05, 0) is 17.5 Å². The minimum Gasteiger partial charge on any atom is -0.452 e. The summed E-state index contributed by atoms with van der Waals surface area (Å²) in [6.45, 7) is 1.08. The molecule has 2 aromatic carbocycles. The molecule has 1 saturated heterocycles. The van der Waals surface area contributed by atoms with Crippen LogP contribution in [0.4, 0.5) is 0 Å². The lowest BCUT2D eigenvalue weighted by atomic mass is 9.97. The Bertz CT molecular complexity index is 596. The van der Waals surface area contributed by atoms with Crippen molar-refractivity contribution in [2.24, 2.45) is 5.92 Å². The van der Waals surface area contributed by atoms with Crippen molar-refractivity contribution < 1.29 is 14.6 Å². The highest BCUT2D eigenvalue weighted by Gasteiger charge is 2.29. The van der Waals surface area contributed by atoms with Gasteiger partial charge in [0.05, 0.1) is 12.0 Å². The summed E-state index contributed by atoms with van der Waals surface area (Å²) >= 11 is 0. The molecule has 1 fully saturated rings. The molecule has 0 spiro atoms. The minimum absolute atomic E-state index is 0. The molecule has 1 aliphatic heterocycles. The lowest BCUT2D eigenvalue weighted by Gasteiger charge is -2.27. The van der Waals surface area contributed by atoms with Gasteiger partial charge in [0.2, 0.25) is 0 Å². The molecule has 0 radical (unpaired) electrons. The second-order valence-electron chi connectivity index (χ2n) is 5.88. The van der Waals surface area contributed by atoms with Crippen molar-refractivity contribution in [1.82, 2.24) is 5.32 Å². The number of ether oxygens (including phenoxy) is 1. The normalized spacial score (nSPS) is 20.2. The van der Waals surface area contributed by atoms with Crippen LogP contribution in [-0.2, 0) is 9.53 Å². The van der Waals surface area contributed by atoms with E-state index in [-0.39, 0.29) is 24.3 Å². The molecule has 128 valence electrons. The van der Waals surface area contributed by atoms with Crippen molar-refractivity contribution in [1.29, 1.82) is 0 Å². The Labute approximate surface area is 148 Å². The van der Waals surface area contributed by atoms with E-state index in [0.29, 0.717) is 19.5 Å². The molecule has 2 atom stereocenters. The summed E-state index contributed by atoms with van der Waals surface area (Å²) in [5.74, 6) is -0.581. The number of hydrogen-bond donors (Lipinski definition) is 2. The summed E-state index contributed by atoms with van der Waals surface area (Å²) in [7, 11) is 0. The molecule has 1 heterocycles. The Kier molecular flexibility index (Phi) is 6.79. The molecule has 2 N–H and O–H groups in total. The Morgan fingerprint density at radius 1 is 1.00 bits per heavy atom. The highest BCUT2D eigenvalue weighted by atomic mass is 35.5. The zero-order valence-corrected chi connectivity index (χ0v) is 14.1. The molecule has 5 heteroatoms. The summed E-state index contributed by atoms with van der Waals surface area (Å²) in [5.41, 5.74) is 1.88. The largest absolute Gasteiger partial charge is 0.452 e. The Balaban J connectivity index is 0.00000208. The topological polar surface area (TPSA) is 58.6 Å². The number of hydrogen-bond acceptors (Lipinski definition) is 4. The number of β-amino-alcohol motifs (C(OH)–C–C–N with tert-alkyl or cyclic N) is 1. The first-order chi connectivity index (χ1) is 11.2. The van der Waals surface area contributed by atoms with Crippen LogP contribution in [0, 0.1) is 5.92 Å². The van der Waals surface area contributed by atoms with Crippen molar-refractivity contribution in [3.8, 4) is 0 Å². The van der Waals surface area contributed by atoms with Crippen LogP contribution in [0.25, 0.3) is 0 Å². The fourth-order valence-corrected chi connectivity index (χ4v) is 2.90. The van der Waals surface area contributed by atoms with Gasteiger partial charge in [0.15, 0.2) is 6.10 Å². The van der Waals surface area contributed by atoms with Gasteiger partial charge in [0, 0.05) is 13.1 Å². The number of halogens is 1. The molecule has 0 unspecified atom stereocenters. The number of piperidine rings is 1. The number of nitrogens with one attached hydrogen (secondary N) is 1. The van der Waals surface area contributed by atoms with Crippen molar-refractivity contribution in [3.05, 3.63) is 71.8 Å². The first-order valence-corrected chi connectivity index (χ1v) is 7.93. The fraction of sp³-hybridized carbons (Fsp3) is 0.316. The Hall–Kier alpha value is -1.88. The molecule has 1 aliphatic rings. The average Bonchev–Trinajstić information content (AvgIpc) is 2.61. The monoisotopic (exact) mass is 347 g/mol. The van der Waals surface area contributed by atoms with Crippen molar-refractivity contribution in [3.63, 3.8) is 0 Å². The number of carbonyl (C=O) groups is 1. The van der Waals surface area contributed by atoms with E-state index < -0.39 is 12.2 Å². The molecule has 0 saturated carbocycles. The lowest BCUT2D eigenvalue weighted by molar-refractivity contribution is -0.154. The lowest BCUT2D eigenvalue weighted by Crippen LogP contribution is -2.43. The van der Waals surface area contributed by atoms with E-state index in [9.17, 15) is 9.90 Å². The molecule has 2 aromatic rings. The number of benzene rings is 2. The maximum absolute atomic E-state index is 12.5. The van der Waals surface area contributed by atoms with Crippen LogP contribution >= 0.6 is 12.4 Å². The fourth-order valence-electron chi connectivity index (χ4n) is 2.90. The van der Waals surface area contributed by atoms with E-state index in [1.54, 1.807) is 0 Å². The zero-order valence-electron chi connectivity index (χ0n) is 13.3. The van der Waals surface area contributed by atoms with E-state index in [4.69, 9.17) is 4.74 Å². The first-order valence-electron chi connectivity index (χ1n) is 7.93. The SMILES string of the molecule is Cl.O=C(OC(c1ccccc1)c1ccccc1)[C@H]1CNC[C@@H](O)C1. The minimum atomic E-state index is -0.492. The molecule has 4 nitrogen and oxygen atoms in total. The number of esters is 1. The standard InChI is InChI=1S/C19H21NO3.ClH/c21-17-11-16(12-20-13-17)19(22)23-18(14-7-3-1-4-8-14)15-9-5-2-6-10-15;/h1-10,16-18,20-21H,11-13H2;1H/t16-,17+;/m1./s1. The maximum atomic E-state index is 12.5. The van der Waals surface area contributed by atoms with E-state index in [2.05, 4.69) is 5.32 Å². The van der Waals surface area contributed by atoms with Gasteiger partial charge in [-0.3, -0.25) is 4.79 Å². The van der Waals surface area contributed by atoms with Crippen molar-refractivity contribution in [2.45, 2.75) is 18.6 Å². The molecule has 0 amide bonds. The van der Waals surface area contributed by atoms with Crippen LogP contribution in [0.1, 0.15) is 23.7 Å². The van der Waals surface area contributed by atoms with Gasteiger partial charge in [-0.25, -0.2) is 0 Å². The van der Waals surface area contributed by atoms with Crippen LogP contribution in [-0.4, -0.2) is 30.3 Å². The quantitative estimate of drug-likeness (QED) is 0.835. The van der Waals surface area contributed by atoms with Crippen LogP contribution in [0.15, 0.2) is 60.7 Å². The van der Waals surface area contributed by atoms with Crippen LogP contribution in [0.5, 0.6) is 0 Å². The van der Waals surface area contributed by atoms with Crippen LogP contribution in [0.3, 0.4) is 0 Å². The number of carbonyl (C=O) groups excluding carboxylic acids is 1. The second-order valence-corrected chi connectivity index (χ2v) is 5.88.